The Labute approximate surface area is 145 Å². The molecule has 0 N–H and O–H groups in total. The van der Waals surface area contributed by atoms with E-state index in [1.165, 1.54) is 29.7 Å². The zero-order valence-electron chi connectivity index (χ0n) is 13.9. The molecular formula is C19H21N3OS. The van der Waals surface area contributed by atoms with Gasteiger partial charge in [-0.2, -0.15) is 0 Å². The summed E-state index contributed by atoms with van der Waals surface area (Å²) in [6, 6.07) is 8.34. The van der Waals surface area contributed by atoms with Gasteiger partial charge in [-0.05, 0) is 19.8 Å². The lowest BCUT2D eigenvalue weighted by atomic mass is 10.1. The van der Waals surface area contributed by atoms with Gasteiger partial charge < -0.3 is 4.90 Å². The zero-order valence-corrected chi connectivity index (χ0v) is 14.7. The van der Waals surface area contributed by atoms with Crippen molar-refractivity contribution in [2.75, 3.05) is 13.1 Å². The second-order valence-corrected chi connectivity index (χ2v) is 7.31. The number of aryl methyl sites for hydroxylation is 1. The van der Waals surface area contributed by atoms with Crippen molar-refractivity contribution in [1.29, 1.82) is 0 Å². The highest BCUT2D eigenvalue weighted by molar-refractivity contribution is 7.15. The predicted molar refractivity (Wildman–Crippen MR) is 97.6 cm³/mol. The molecule has 1 amide bonds. The number of thiazole rings is 1. The molecule has 0 aliphatic carbocycles. The molecule has 0 unspecified atom stereocenters. The summed E-state index contributed by atoms with van der Waals surface area (Å²) in [6.07, 6.45) is 6.66. The fourth-order valence-electron chi connectivity index (χ4n) is 3.24. The molecule has 0 spiro atoms. The molecule has 0 atom stereocenters. The maximum absolute atomic E-state index is 12.9. The summed E-state index contributed by atoms with van der Waals surface area (Å²) in [7, 11) is 0. The van der Waals surface area contributed by atoms with Gasteiger partial charge in [-0.1, -0.05) is 42.7 Å². The molecule has 3 aromatic rings. The van der Waals surface area contributed by atoms with Crippen LogP contribution in [-0.2, 0) is 0 Å². The van der Waals surface area contributed by atoms with Crippen LogP contribution in [0.25, 0.3) is 16.2 Å². The maximum Gasteiger partial charge on any atom is 0.271 e. The molecule has 0 radical (unpaired) electrons. The summed E-state index contributed by atoms with van der Waals surface area (Å²) in [5.41, 5.74) is 3.98. The summed E-state index contributed by atoms with van der Waals surface area (Å²) in [5.74, 6) is 0.135. The van der Waals surface area contributed by atoms with Crippen molar-refractivity contribution in [3.63, 3.8) is 0 Å². The highest BCUT2D eigenvalue weighted by atomic mass is 32.1. The van der Waals surface area contributed by atoms with E-state index in [1.54, 1.807) is 0 Å². The van der Waals surface area contributed by atoms with Crippen LogP contribution in [0.15, 0.2) is 35.8 Å². The number of aromatic nitrogens is 2. The molecule has 24 heavy (non-hydrogen) atoms. The lowest BCUT2D eigenvalue weighted by Crippen LogP contribution is -2.32. The van der Waals surface area contributed by atoms with E-state index in [9.17, 15) is 4.79 Å². The molecule has 3 heterocycles. The van der Waals surface area contributed by atoms with Crippen molar-refractivity contribution in [2.24, 2.45) is 0 Å². The number of likely N-dealkylation sites (tertiary alicyclic amines) is 1. The van der Waals surface area contributed by atoms with E-state index in [2.05, 4.69) is 31.2 Å². The van der Waals surface area contributed by atoms with Crippen LogP contribution in [0.2, 0.25) is 0 Å². The van der Waals surface area contributed by atoms with E-state index < -0.39 is 0 Å². The molecule has 1 aliphatic rings. The second-order valence-electron chi connectivity index (χ2n) is 6.47. The number of hydrogen-bond acceptors (Lipinski definition) is 3. The quantitative estimate of drug-likeness (QED) is 0.694. The van der Waals surface area contributed by atoms with E-state index in [0.717, 1.165) is 47.8 Å². The zero-order chi connectivity index (χ0) is 16.5. The summed E-state index contributed by atoms with van der Waals surface area (Å²) in [4.78, 5) is 20.5. The van der Waals surface area contributed by atoms with Crippen LogP contribution in [0.4, 0.5) is 0 Å². The Morgan fingerprint density at radius 3 is 2.50 bits per heavy atom. The molecule has 0 bridgehead atoms. The Morgan fingerprint density at radius 2 is 1.79 bits per heavy atom. The highest BCUT2D eigenvalue weighted by Crippen LogP contribution is 2.25. The number of imidazole rings is 1. The fourth-order valence-corrected chi connectivity index (χ4v) is 4.08. The number of rotatable bonds is 2. The van der Waals surface area contributed by atoms with Crippen molar-refractivity contribution in [1.82, 2.24) is 14.3 Å². The minimum absolute atomic E-state index is 0.135. The van der Waals surface area contributed by atoms with E-state index in [4.69, 9.17) is 4.98 Å². The number of nitrogens with zero attached hydrogens (tertiary/aromatic N) is 3. The standard InChI is InChI=1S/C19H21N3OS/c1-14-6-8-15(9-7-14)16-12-22-17(13-24-19(22)20-16)18(23)21-10-4-2-3-5-11-21/h6-9,12-13H,2-5,10-11H2,1H3. The van der Waals surface area contributed by atoms with Crippen LogP contribution in [0, 0.1) is 6.92 Å². The van der Waals surface area contributed by atoms with E-state index in [-0.39, 0.29) is 5.91 Å². The Morgan fingerprint density at radius 1 is 1.08 bits per heavy atom. The maximum atomic E-state index is 12.9. The van der Waals surface area contributed by atoms with Gasteiger partial charge in [0.2, 0.25) is 0 Å². The van der Waals surface area contributed by atoms with Crippen LogP contribution >= 0.6 is 11.3 Å². The molecule has 1 aromatic carbocycles. The van der Waals surface area contributed by atoms with Crippen LogP contribution in [-0.4, -0.2) is 33.3 Å². The van der Waals surface area contributed by atoms with E-state index in [0.29, 0.717) is 0 Å². The average molecular weight is 339 g/mol. The molecule has 1 fully saturated rings. The van der Waals surface area contributed by atoms with Crippen LogP contribution < -0.4 is 0 Å². The first-order valence-corrected chi connectivity index (χ1v) is 9.43. The van der Waals surface area contributed by atoms with Gasteiger partial charge >= 0.3 is 0 Å². The van der Waals surface area contributed by atoms with Crippen molar-refractivity contribution in [3.8, 4) is 11.3 Å². The normalized spacial score (nSPS) is 15.6. The first-order valence-electron chi connectivity index (χ1n) is 8.55. The Bertz CT molecular complexity index is 855. The van der Waals surface area contributed by atoms with E-state index >= 15 is 0 Å². The molecule has 124 valence electrons. The van der Waals surface area contributed by atoms with Gasteiger partial charge in [-0.25, -0.2) is 4.98 Å². The van der Waals surface area contributed by atoms with Crippen molar-refractivity contribution in [2.45, 2.75) is 32.6 Å². The molecule has 5 heteroatoms. The Hall–Kier alpha value is -2.14. The van der Waals surface area contributed by atoms with E-state index in [1.807, 2.05) is 20.9 Å². The Kier molecular flexibility index (Phi) is 4.10. The van der Waals surface area contributed by atoms with Gasteiger partial charge in [0.05, 0.1) is 5.69 Å². The number of amides is 1. The SMILES string of the molecule is Cc1ccc(-c2cn3c(C(=O)N4CCCCCC4)csc3n2)cc1. The largest absolute Gasteiger partial charge is 0.337 e. The summed E-state index contributed by atoms with van der Waals surface area (Å²) in [5, 5.41) is 1.94. The smallest absolute Gasteiger partial charge is 0.271 e. The summed E-state index contributed by atoms with van der Waals surface area (Å²) < 4.78 is 1.95. The number of fused-ring (bicyclic) bond motifs is 1. The second kappa shape index (κ2) is 6.40. The molecule has 2 aromatic heterocycles. The third-order valence-electron chi connectivity index (χ3n) is 4.67. The van der Waals surface area contributed by atoms with Gasteiger partial charge in [-0.15, -0.1) is 11.3 Å². The first kappa shape index (κ1) is 15.4. The lowest BCUT2D eigenvalue weighted by molar-refractivity contribution is 0.0755. The summed E-state index contributed by atoms with van der Waals surface area (Å²) >= 11 is 1.53. The van der Waals surface area contributed by atoms with Gasteiger partial charge in [0.25, 0.3) is 5.91 Å². The summed E-state index contributed by atoms with van der Waals surface area (Å²) in [6.45, 7) is 3.82. The minimum Gasteiger partial charge on any atom is -0.337 e. The van der Waals surface area contributed by atoms with Crippen molar-refractivity contribution >= 4 is 22.2 Å². The monoisotopic (exact) mass is 339 g/mol. The van der Waals surface area contributed by atoms with Crippen molar-refractivity contribution < 1.29 is 4.79 Å². The average Bonchev–Trinajstić information content (AvgIpc) is 3.05. The van der Waals surface area contributed by atoms with Crippen LogP contribution in [0.3, 0.4) is 0 Å². The molecular weight excluding hydrogens is 318 g/mol. The van der Waals surface area contributed by atoms with Gasteiger partial charge in [0.1, 0.15) is 5.69 Å². The van der Waals surface area contributed by atoms with Crippen molar-refractivity contribution in [3.05, 3.63) is 47.1 Å². The molecule has 4 nitrogen and oxygen atoms in total. The topological polar surface area (TPSA) is 37.6 Å². The number of benzene rings is 1. The molecule has 4 rings (SSSR count). The van der Waals surface area contributed by atoms with Gasteiger partial charge in [0, 0.05) is 30.2 Å². The first-order chi connectivity index (χ1) is 11.7. The fraction of sp³-hybridized carbons (Fsp3) is 0.368. The van der Waals surface area contributed by atoms with Crippen LogP contribution in [0.1, 0.15) is 41.7 Å². The number of carbonyl (C=O) groups excluding carboxylic acids is 1. The predicted octanol–water partition coefficient (Wildman–Crippen LogP) is 4.39. The molecule has 1 aliphatic heterocycles. The van der Waals surface area contributed by atoms with Gasteiger partial charge in [0.15, 0.2) is 4.96 Å². The minimum atomic E-state index is 0.135. The Balaban J connectivity index is 1.66. The molecule has 0 saturated carbocycles. The highest BCUT2D eigenvalue weighted by Gasteiger charge is 2.21. The third kappa shape index (κ3) is 2.84. The number of carbonyl (C=O) groups is 1. The lowest BCUT2D eigenvalue weighted by Gasteiger charge is -2.19. The number of hydrogen-bond donors (Lipinski definition) is 0. The molecule has 1 saturated heterocycles. The third-order valence-corrected chi connectivity index (χ3v) is 5.51. The van der Waals surface area contributed by atoms with Gasteiger partial charge in [-0.3, -0.25) is 9.20 Å². The van der Waals surface area contributed by atoms with Crippen LogP contribution in [0.5, 0.6) is 0 Å².